The first-order chi connectivity index (χ1) is 10.2. The highest BCUT2D eigenvalue weighted by atomic mass is 16.4. The van der Waals surface area contributed by atoms with E-state index >= 15 is 0 Å². The fraction of sp³-hybridized carbons (Fsp3) is 0.438. The van der Waals surface area contributed by atoms with Gasteiger partial charge >= 0.3 is 5.97 Å². The van der Waals surface area contributed by atoms with Crippen LogP contribution in [0.25, 0.3) is 0 Å². The van der Waals surface area contributed by atoms with E-state index in [0.29, 0.717) is 12.0 Å². The molecule has 2 amide bonds. The Labute approximate surface area is 129 Å². The molecule has 0 unspecified atom stereocenters. The fourth-order valence-electron chi connectivity index (χ4n) is 1.87. The van der Waals surface area contributed by atoms with Crippen LogP contribution in [-0.2, 0) is 14.4 Å². The predicted molar refractivity (Wildman–Crippen MR) is 82.0 cm³/mol. The summed E-state index contributed by atoms with van der Waals surface area (Å²) in [5, 5.41) is 14.1. The van der Waals surface area contributed by atoms with Crippen LogP contribution in [0.1, 0.15) is 38.8 Å². The van der Waals surface area contributed by atoms with E-state index in [9.17, 15) is 19.5 Å². The highest BCUT2D eigenvalue weighted by Gasteiger charge is 2.22. The molecule has 1 aromatic rings. The van der Waals surface area contributed by atoms with Crippen LogP contribution in [0.3, 0.4) is 0 Å². The third kappa shape index (κ3) is 6.39. The van der Waals surface area contributed by atoms with Gasteiger partial charge in [0.1, 0.15) is 0 Å². The Morgan fingerprint density at radius 1 is 1.09 bits per heavy atom. The van der Waals surface area contributed by atoms with Crippen molar-refractivity contribution in [2.24, 2.45) is 5.41 Å². The number of rotatable bonds is 6. The third-order valence-corrected chi connectivity index (χ3v) is 2.82. The Morgan fingerprint density at radius 3 is 2.18 bits per heavy atom. The maximum atomic E-state index is 11.8. The molecule has 0 spiro atoms. The summed E-state index contributed by atoms with van der Waals surface area (Å²) in [6.07, 6.45) is 0.293. The minimum absolute atomic E-state index is 0.172. The number of carbonyl (C=O) groups is 3. The van der Waals surface area contributed by atoms with Gasteiger partial charge in [0, 0.05) is 6.42 Å². The van der Waals surface area contributed by atoms with Crippen LogP contribution in [-0.4, -0.2) is 29.4 Å². The molecule has 0 fully saturated rings. The zero-order valence-corrected chi connectivity index (χ0v) is 13.1. The maximum absolute atomic E-state index is 11.8. The average Bonchev–Trinajstić information content (AvgIpc) is 2.41. The van der Waals surface area contributed by atoms with Crippen LogP contribution in [0.2, 0.25) is 0 Å². The zero-order valence-electron chi connectivity index (χ0n) is 13.1. The van der Waals surface area contributed by atoms with Crippen LogP contribution in [0.15, 0.2) is 30.3 Å². The summed E-state index contributed by atoms with van der Waals surface area (Å²) in [4.78, 5) is 34.7. The molecule has 0 radical (unpaired) electrons. The van der Waals surface area contributed by atoms with Crippen molar-refractivity contribution >= 4 is 17.8 Å². The number of carbonyl (C=O) groups excluding carboxylic acids is 2. The number of benzene rings is 1. The highest BCUT2D eigenvalue weighted by Crippen LogP contribution is 2.17. The molecule has 0 aromatic heterocycles. The van der Waals surface area contributed by atoms with E-state index in [-0.39, 0.29) is 17.9 Å². The van der Waals surface area contributed by atoms with Crippen LogP contribution in [0.5, 0.6) is 0 Å². The Hall–Kier alpha value is -2.37. The number of hydrogen-bond acceptors (Lipinski definition) is 3. The van der Waals surface area contributed by atoms with Gasteiger partial charge in [0.2, 0.25) is 11.8 Å². The molecule has 3 N–H and O–H groups in total. The molecule has 0 saturated carbocycles. The van der Waals surface area contributed by atoms with Crippen molar-refractivity contribution in [3.05, 3.63) is 35.9 Å². The Balaban J connectivity index is 2.55. The Kier molecular flexibility index (Phi) is 6.10. The summed E-state index contributed by atoms with van der Waals surface area (Å²) in [5.41, 5.74) is 0.304. The van der Waals surface area contributed by atoms with Gasteiger partial charge in [-0.05, 0) is 11.0 Å². The lowest BCUT2D eigenvalue weighted by Gasteiger charge is -2.18. The lowest BCUT2D eigenvalue weighted by Crippen LogP contribution is -2.41. The summed E-state index contributed by atoms with van der Waals surface area (Å²) in [7, 11) is 0. The lowest BCUT2D eigenvalue weighted by molar-refractivity contribution is -0.142. The number of carboxylic acids is 1. The number of hydrogen-bond donors (Lipinski definition) is 3. The van der Waals surface area contributed by atoms with Crippen molar-refractivity contribution in [1.29, 1.82) is 0 Å². The third-order valence-electron chi connectivity index (χ3n) is 2.82. The molecule has 0 bridgehead atoms. The molecule has 0 aliphatic rings. The van der Waals surface area contributed by atoms with Gasteiger partial charge in [-0.15, -0.1) is 0 Å². The Bertz CT molecular complexity index is 535. The number of nitrogens with one attached hydrogen (secondary N) is 2. The summed E-state index contributed by atoms with van der Waals surface area (Å²) < 4.78 is 0. The van der Waals surface area contributed by atoms with Crippen LogP contribution in [0, 0.1) is 5.41 Å². The second kappa shape index (κ2) is 7.59. The monoisotopic (exact) mass is 306 g/mol. The van der Waals surface area contributed by atoms with Crippen molar-refractivity contribution in [2.45, 2.75) is 33.2 Å². The fourth-order valence-corrected chi connectivity index (χ4v) is 1.87. The van der Waals surface area contributed by atoms with Gasteiger partial charge in [-0.2, -0.15) is 0 Å². The first kappa shape index (κ1) is 17.7. The Morgan fingerprint density at radius 2 is 1.68 bits per heavy atom. The van der Waals surface area contributed by atoms with Gasteiger partial charge in [0.25, 0.3) is 0 Å². The standard InChI is InChI=1S/C16H22N2O4/c1-16(2,3)9-12(19)17-10-13(20)18-14(15(21)22)11-7-5-4-6-8-11/h4-8,14H,9-10H2,1-3H3,(H,17,19)(H,18,20)(H,21,22)/t14-/m1/s1. The molecule has 1 atom stereocenters. The summed E-state index contributed by atoms with van der Waals surface area (Å²) >= 11 is 0. The van der Waals surface area contributed by atoms with Gasteiger partial charge in [-0.25, -0.2) is 4.79 Å². The number of aliphatic carboxylic acids is 1. The van der Waals surface area contributed by atoms with E-state index in [0.717, 1.165) is 0 Å². The number of amides is 2. The van der Waals surface area contributed by atoms with E-state index in [2.05, 4.69) is 10.6 Å². The lowest BCUT2D eigenvalue weighted by atomic mass is 9.92. The van der Waals surface area contributed by atoms with E-state index < -0.39 is 17.9 Å². The van der Waals surface area contributed by atoms with Crippen molar-refractivity contribution in [3.8, 4) is 0 Å². The number of carboxylic acid groups (broad SMARTS) is 1. The molecule has 0 aliphatic heterocycles. The van der Waals surface area contributed by atoms with E-state index in [4.69, 9.17) is 0 Å². The molecule has 120 valence electrons. The molecule has 6 nitrogen and oxygen atoms in total. The molecule has 0 heterocycles. The van der Waals surface area contributed by atoms with E-state index in [1.807, 2.05) is 20.8 Å². The summed E-state index contributed by atoms with van der Waals surface area (Å²) in [6.45, 7) is 5.51. The first-order valence-electron chi connectivity index (χ1n) is 7.03. The SMILES string of the molecule is CC(C)(C)CC(=O)NCC(=O)N[C@@H](C(=O)O)c1ccccc1. The quantitative estimate of drug-likeness (QED) is 0.742. The second-order valence-corrected chi connectivity index (χ2v) is 6.26. The van der Waals surface area contributed by atoms with Crippen LogP contribution >= 0.6 is 0 Å². The molecule has 1 aromatic carbocycles. The van der Waals surface area contributed by atoms with Gasteiger partial charge in [0.05, 0.1) is 6.54 Å². The highest BCUT2D eigenvalue weighted by molar-refractivity contribution is 5.88. The molecule has 0 saturated heterocycles. The molecule has 22 heavy (non-hydrogen) atoms. The minimum atomic E-state index is -1.15. The smallest absolute Gasteiger partial charge is 0.330 e. The topological polar surface area (TPSA) is 95.5 Å². The van der Waals surface area contributed by atoms with Crippen LogP contribution in [0.4, 0.5) is 0 Å². The summed E-state index contributed by atoms with van der Waals surface area (Å²) in [5.74, 6) is -1.94. The van der Waals surface area contributed by atoms with Gasteiger partial charge in [-0.3, -0.25) is 9.59 Å². The maximum Gasteiger partial charge on any atom is 0.330 e. The van der Waals surface area contributed by atoms with Gasteiger partial charge in [0.15, 0.2) is 6.04 Å². The minimum Gasteiger partial charge on any atom is -0.479 e. The molecule has 1 rings (SSSR count). The second-order valence-electron chi connectivity index (χ2n) is 6.26. The molecular formula is C16H22N2O4. The van der Waals surface area contributed by atoms with Gasteiger partial charge < -0.3 is 15.7 Å². The summed E-state index contributed by atoms with van der Waals surface area (Å²) in [6, 6.07) is 7.27. The largest absolute Gasteiger partial charge is 0.479 e. The van der Waals surface area contributed by atoms with Crippen LogP contribution < -0.4 is 10.6 Å². The van der Waals surface area contributed by atoms with Gasteiger partial charge in [-0.1, -0.05) is 51.1 Å². The van der Waals surface area contributed by atoms with Crippen molar-refractivity contribution in [1.82, 2.24) is 10.6 Å². The average molecular weight is 306 g/mol. The van der Waals surface area contributed by atoms with E-state index in [1.54, 1.807) is 30.3 Å². The van der Waals surface area contributed by atoms with Crippen molar-refractivity contribution in [2.75, 3.05) is 6.54 Å². The van der Waals surface area contributed by atoms with Crippen molar-refractivity contribution < 1.29 is 19.5 Å². The van der Waals surface area contributed by atoms with Crippen molar-refractivity contribution in [3.63, 3.8) is 0 Å². The molecule has 0 aliphatic carbocycles. The normalized spacial score (nSPS) is 12.3. The predicted octanol–water partition coefficient (Wildman–Crippen LogP) is 1.48. The molecule has 6 heteroatoms. The van der Waals surface area contributed by atoms with E-state index in [1.165, 1.54) is 0 Å². The molecular weight excluding hydrogens is 284 g/mol. The zero-order chi connectivity index (χ0) is 16.8. The first-order valence-corrected chi connectivity index (χ1v) is 7.03.